The van der Waals surface area contributed by atoms with Crippen molar-refractivity contribution >= 4 is 17.9 Å². The minimum atomic E-state index is -0.757. The standard InChI is InChI=1S/C12H18N4O4/c1-8-14-15-12(20-8)13-10(17)7-16-4-2-9(3-5-16)6-11(18)19/h9H,2-7H2,1H3,(H,18,19)(H,13,15,17). The van der Waals surface area contributed by atoms with Crippen molar-refractivity contribution in [3.8, 4) is 0 Å². The Morgan fingerprint density at radius 2 is 2.10 bits per heavy atom. The fraction of sp³-hybridized carbons (Fsp3) is 0.667. The monoisotopic (exact) mass is 282 g/mol. The van der Waals surface area contributed by atoms with Gasteiger partial charge in [0, 0.05) is 13.3 Å². The van der Waals surface area contributed by atoms with Crippen molar-refractivity contribution in [1.29, 1.82) is 0 Å². The number of aromatic nitrogens is 2. The van der Waals surface area contributed by atoms with Crippen LogP contribution in [0.1, 0.15) is 25.2 Å². The number of carbonyl (C=O) groups excluding carboxylic acids is 1. The summed E-state index contributed by atoms with van der Waals surface area (Å²) in [7, 11) is 0. The van der Waals surface area contributed by atoms with Gasteiger partial charge >= 0.3 is 12.0 Å². The second kappa shape index (κ2) is 6.47. The van der Waals surface area contributed by atoms with E-state index in [9.17, 15) is 9.59 Å². The molecule has 0 aromatic carbocycles. The summed E-state index contributed by atoms with van der Waals surface area (Å²) in [6, 6.07) is 0.105. The first kappa shape index (κ1) is 14.4. The Hall–Kier alpha value is -1.96. The van der Waals surface area contributed by atoms with Crippen LogP contribution in [0.3, 0.4) is 0 Å². The van der Waals surface area contributed by atoms with Crippen LogP contribution in [0.15, 0.2) is 4.42 Å². The number of rotatable bonds is 5. The molecule has 2 rings (SSSR count). The SMILES string of the molecule is Cc1nnc(NC(=O)CN2CCC(CC(=O)O)CC2)o1. The van der Waals surface area contributed by atoms with Crippen molar-refractivity contribution in [2.75, 3.05) is 25.0 Å². The molecular formula is C12H18N4O4. The van der Waals surface area contributed by atoms with Gasteiger partial charge in [-0.05, 0) is 31.8 Å². The highest BCUT2D eigenvalue weighted by atomic mass is 16.4. The lowest BCUT2D eigenvalue weighted by molar-refractivity contribution is -0.138. The van der Waals surface area contributed by atoms with Crippen molar-refractivity contribution in [2.24, 2.45) is 5.92 Å². The highest BCUT2D eigenvalue weighted by Gasteiger charge is 2.22. The maximum absolute atomic E-state index is 11.8. The molecule has 2 heterocycles. The van der Waals surface area contributed by atoms with Crippen molar-refractivity contribution in [3.63, 3.8) is 0 Å². The van der Waals surface area contributed by atoms with Gasteiger partial charge in [0.25, 0.3) is 0 Å². The third-order valence-electron chi connectivity index (χ3n) is 3.31. The molecule has 20 heavy (non-hydrogen) atoms. The zero-order valence-corrected chi connectivity index (χ0v) is 11.3. The maximum atomic E-state index is 11.8. The number of hydrogen-bond acceptors (Lipinski definition) is 6. The predicted octanol–water partition coefficient (Wildman–Crippen LogP) is 0.503. The van der Waals surface area contributed by atoms with E-state index in [2.05, 4.69) is 15.5 Å². The molecule has 1 aromatic rings. The van der Waals surface area contributed by atoms with Crippen LogP contribution < -0.4 is 5.32 Å². The Labute approximate surface area is 116 Å². The molecule has 0 unspecified atom stereocenters. The molecule has 0 radical (unpaired) electrons. The number of anilines is 1. The molecule has 1 aromatic heterocycles. The number of carbonyl (C=O) groups is 2. The summed E-state index contributed by atoms with van der Waals surface area (Å²) in [6.45, 7) is 3.36. The second-order valence-electron chi connectivity index (χ2n) is 4.99. The van der Waals surface area contributed by atoms with Crippen LogP contribution in [-0.2, 0) is 9.59 Å². The molecule has 0 atom stereocenters. The number of aliphatic carboxylic acids is 1. The van der Waals surface area contributed by atoms with E-state index in [1.165, 1.54) is 0 Å². The molecule has 1 fully saturated rings. The first-order valence-electron chi connectivity index (χ1n) is 6.57. The average Bonchev–Trinajstić information content (AvgIpc) is 2.76. The van der Waals surface area contributed by atoms with Gasteiger partial charge in [0.05, 0.1) is 6.54 Å². The van der Waals surface area contributed by atoms with E-state index in [1.807, 2.05) is 4.90 Å². The largest absolute Gasteiger partial charge is 0.481 e. The van der Waals surface area contributed by atoms with Crippen molar-refractivity contribution in [1.82, 2.24) is 15.1 Å². The minimum absolute atomic E-state index is 0.105. The highest BCUT2D eigenvalue weighted by Crippen LogP contribution is 2.20. The predicted molar refractivity (Wildman–Crippen MR) is 69.1 cm³/mol. The number of piperidine rings is 1. The Balaban J connectivity index is 1.72. The molecule has 0 bridgehead atoms. The molecule has 110 valence electrons. The number of amides is 1. The first-order chi connectivity index (χ1) is 9.52. The van der Waals surface area contributed by atoms with Crippen molar-refractivity contribution in [2.45, 2.75) is 26.2 Å². The Morgan fingerprint density at radius 1 is 1.40 bits per heavy atom. The molecule has 1 aliphatic heterocycles. The minimum Gasteiger partial charge on any atom is -0.481 e. The van der Waals surface area contributed by atoms with Crippen molar-refractivity contribution < 1.29 is 19.1 Å². The number of carboxylic acid groups (broad SMARTS) is 1. The molecular weight excluding hydrogens is 264 g/mol. The quantitative estimate of drug-likeness (QED) is 0.809. The van der Waals surface area contributed by atoms with Gasteiger partial charge in [0.15, 0.2) is 0 Å². The van der Waals surface area contributed by atoms with E-state index in [4.69, 9.17) is 9.52 Å². The summed E-state index contributed by atoms with van der Waals surface area (Å²) in [4.78, 5) is 24.4. The summed E-state index contributed by atoms with van der Waals surface area (Å²) in [5.74, 6) is -0.349. The Bertz CT molecular complexity index is 480. The van der Waals surface area contributed by atoms with E-state index in [0.717, 1.165) is 25.9 Å². The summed E-state index contributed by atoms with van der Waals surface area (Å²) >= 11 is 0. The Morgan fingerprint density at radius 3 is 2.65 bits per heavy atom. The molecule has 8 nitrogen and oxygen atoms in total. The number of carboxylic acids is 1. The topological polar surface area (TPSA) is 109 Å². The summed E-state index contributed by atoms with van der Waals surface area (Å²) in [5.41, 5.74) is 0. The van der Waals surface area contributed by atoms with Gasteiger partial charge in [-0.3, -0.25) is 19.8 Å². The van der Waals surface area contributed by atoms with Gasteiger partial charge in [-0.2, -0.15) is 0 Å². The van der Waals surface area contributed by atoms with E-state index in [1.54, 1.807) is 6.92 Å². The zero-order valence-electron chi connectivity index (χ0n) is 11.3. The molecule has 0 spiro atoms. The summed E-state index contributed by atoms with van der Waals surface area (Å²) in [5, 5.41) is 18.6. The van der Waals surface area contributed by atoms with Crippen LogP contribution in [0, 0.1) is 12.8 Å². The van der Waals surface area contributed by atoms with Crippen LogP contribution in [0.4, 0.5) is 6.01 Å². The smallest absolute Gasteiger partial charge is 0.322 e. The van der Waals surface area contributed by atoms with Gasteiger partial charge in [0.1, 0.15) is 0 Å². The Kier molecular flexibility index (Phi) is 4.67. The number of nitrogens with one attached hydrogen (secondary N) is 1. The van der Waals surface area contributed by atoms with Gasteiger partial charge < -0.3 is 9.52 Å². The van der Waals surface area contributed by atoms with Crippen LogP contribution >= 0.6 is 0 Å². The number of likely N-dealkylation sites (tertiary alicyclic amines) is 1. The zero-order chi connectivity index (χ0) is 14.5. The third kappa shape index (κ3) is 4.30. The van der Waals surface area contributed by atoms with Gasteiger partial charge in [-0.25, -0.2) is 0 Å². The van der Waals surface area contributed by atoms with Gasteiger partial charge in [-0.1, -0.05) is 5.10 Å². The van der Waals surface area contributed by atoms with Crippen LogP contribution in [0.5, 0.6) is 0 Å². The van der Waals surface area contributed by atoms with Crippen molar-refractivity contribution in [3.05, 3.63) is 5.89 Å². The van der Waals surface area contributed by atoms with E-state index in [-0.39, 0.29) is 30.8 Å². The van der Waals surface area contributed by atoms with E-state index >= 15 is 0 Å². The number of hydrogen-bond donors (Lipinski definition) is 2. The molecule has 0 aliphatic carbocycles. The molecule has 1 amide bonds. The average molecular weight is 282 g/mol. The molecule has 1 saturated heterocycles. The molecule has 8 heteroatoms. The van der Waals surface area contributed by atoms with Crippen LogP contribution in [0.2, 0.25) is 0 Å². The fourth-order valence-electron chi connectivity index (χ4n) is 2.30. The van der Waals surface area contributed by atoms with Gasteiger partial charge in [0.2, 0.25) is 11.8 Å². The first-order valence-corrected chi connectivity index (χ1v) is 6.57. The fourth-order valence-corrected chi connectivity index (χ4v) is 2.30. The second-order valence-corrected chi connectivity index (χ2v) is 4.99. The lowest BCUT2D eigenvalue weighted by atomic mass is 9.94. The highest BCUT2D eigenvalue weighted by molar-refractivity contribution is 5.90. The number of nitrogens with zero attached hydrogens (tertiary/aromatic N) is 3. The normalized spacial score (nSPS) is 17.1. The van der Waals surface area contributed by atoms with E-state index in [0.29, 0.717) is 5.89 Å². The van der Waals surface area contributed by atoms with Gasteiger partial charge in [-0.15, -0.1) is 5.10 Å². The van der Waals surface area contributed by atoms with E-state index < -0.39 is 5.97 Å². The molecule has 0 saturated carbocycles. The summed E-state index contributed by atoms with van der Waals surface area (Å²) < 4.78 is 5.07. The molecule has 1 aliphatic rings. The number of aryl methyl sites for hydroxylation is 1. The molecule has 2 N–H and O–H groups in total. The third-order valence-corrected chi connectivity index (χ3v) is 3.31. The lowest BCUT2D eigenvalue weighted by Gasteiger charge is -2.30. The maximum Gasteiger partial charge on any atom is 0.322 e. The summed E-state index contributed by atoms with van der Waals surface area (Å²) in [6.07, 6.45) is 1.82. The van der Waals surface area contributed by atoms with Crippen LogP contribution in [0.25, 0.3) is 0 Å². The van der Waals surface area contributed by atoms with Crippen LogP contribution in [-0.4, -0.2) is 51.7 Å². The lowest BCUT2D eigenvalue weighted by Crippen LogP contribution is -2.39.